The van der Waals surface area contributed by atoms with E-state index in [2.05, 4.69) is 22.2 Å². The van der Waals surface area contributed by atoms with Crippen molar-refractivity contribution in [3.05, 3.63) is 53.9 Å². The van der Waals surface area contributed by atoms with Crippen molar-refractivity contribution in [2.45, 2.75) is 51.7 Å². The number of nitrogens with one attached hydrogen (secondary N) is 1. The molecule has 0 unspecified atom stereocenters. The van der Waals surface area contributed by atoms with Gasteiger partial charge in [0, 0.05) is 45.9 Å². The first-order chi connectivity index (χ1) is 15.9. The van der Waals surface area contributed by atoms with Crippen LogP contribution in [0.3, 0.4) is 0 Å². The van der Waals surface area contributed by atoms with E-state index in [4.69, 9.17) is 11.6 Å². The SMILES string of the molecule is CCCCCCCNc1ccc(-c2cc(Cl)cc3c4ccncc4n(CC(F)(F)F)c23)cn1. The van der Waals surface area contributed by atoms with Gasteiger partial charge in [-0.05, 0) is 36.8 Å². The number of fused-ring (bicyclic) bond motifs is 3. The highest BCUT2D eigenvalue weighted by atomic mass is 35.5. The summed E-state index contributed by atoms with van der Waals surface area (Å²) in [5.74, 6) is 0.743. The summed E-state index contributed by atoms with van der Waals surface area (Å²) in [5, 5.41) is 5.11. The van der Waals surface area contributed by atoms with Gasteiger partial charge in [-0.1, -0.05) is 44.2 Å². The van der Waals surface area contributed by atoms with Crippen LogP contribution >= 0.6 is 11.6 Å². The molecule has 0 saturated carbocycles. The lowest BCUT2D eigenvalue weighted by Crippen LogP contribution is -2.17. The maximum absolute atomic E-state index is 13.5. The molecule has 8 heteroatoms. The topological polar surface area (TPSA) is 42.7 Å². The van der Waals surface area contributed by atoms with E-state index in [0.717, 1.165) is 18.8 Å². The molecule has 0 radical (unpaired) electrons. The van der Waals surface area contributed by atoms with E-state index in [1.54, 1.807) is 30.6 Å². The Morgan fingerprint density at radius 2 is 1.82 bits per heavy atom. The third-order valence-electron chi connectivity index (χ3n) is 5.72. The fraction of sp³-hybridized carbons (Fsp3) is 0.360. The van der Waals surface area contributed by atoms with Crippen LogP contribution in [0.2, 0.25) is 5.02 Å². The van der Waals surface area contributed by atoms with E-state index in [-0.39, 0.29) is 0 Å². The average Bonchev–Trinajstić information content (AvgIpc) is 3.08. The molecule has 0 atom stereocenters. The van der Waals surface area contributed by atoms with Crippen LogP contribution in [0.25, 0.3) is 32.9 Å². The number of pyridine rings is 2. The van der Waals surface area contributed by atoms with Crippen molar-refractivity contribution in [3.63, 3.8) is 0 Å². The molecule has 4 aromatic rings. The Hall–Kier alpha value is -2.80. The number of aromatic nitrogens is 3. The Morgan fingerprint density at radius 3 is 2.55 bits per heavy atom. The van der Waals surface area contributed by atoms with Gasteiger partial charge in [0.1, 0.15) is 12.4 Å². The van der Waals surface area contributed by atoms with Crippen LogP contribution < -0.4 is 5.32 Å². The second-order valence-electron chi connectivity index (χ2n) is 8.22. The van der Waals surface area contributed by atoms with Crippen LogP contribution in [0.15, 0.2) is 48.9 Å². The van der Waals surface area contributed by atoms with Gasteiger partial charge in [0.2, 0.25) is 0 Å². The molecule has 0 fully saturated rings. The molecule has 0 bridgehead atoms. The normalized spacial score (nSPS) is 12.0. The summed E-state index contributed by atoms with van der Waals surface area (Å²) in [6.45, 7) is 1.92. The molecule has 0 saturated heterocycles. The third kappa shape index (κ3) is 5.41. The zero-order valence-corrected chi connectivity index (χ0v) is 19.2. The summed E-state index contributed by atoms with van der Waals surface area (Å²) in [5.41, 5.74) is 2.20. The van der Waals surface area contributed by atoms with Gasteiger partial charge in [-0.25, -0.2) is 4.98 Å². The molecule has 0 amide bonds. The number of halogens is 4. The van der Waals surface area contributed by atoms with Gasteiger partial charge in [-0.2, -0.15) is 13.2 Å². The van der Waals surface area contributed by atoms with Crippen molar-refractivity contribution in [2.75, 3.05) is 11.9 Å². The molecule has 1 aromatic carbocycles. The lowest BCUT2D eigenvalue weighted by atomic mass is 10.0. The summed E-state index contributed by atoms with van der Waals surface area (Å²) in [6.07, 6.45) is 6.29. The van der Waals surface area contributed by atoms with Crippen molar-refractivity contribution >= 4 is 39.2 Å². The van der Waals surface area contributed by atoms with Crippen molar-refractivity contribution in [1.29, 1.82) is 0 Å². The Balaban J connectivity index is 1.69. The Labute approximate surface area is 195 Å². The first kappa shape index (κ1) is 23.4. The summed E-state index contributed by atoms with van der Waals surface area (Å²) < 4.78 is 41.7. The summed E-state index contributed by atoms with van der Waals surface area (Å²) in [7, 11) is 0. The number of alkyl halides is 3. The van der Waals surface area contributed by atoms with Gasteiger partial charge < -0.3 is 9.88 Å². The molecular weight excluding hydrogens is 449 g/mol. The maximum atomic E-state index is 13.5. The molecule has 0 aliphatic rings. The van der Waals surface area contributed by atoms with Crippen molar-refractivity contribution in [2.24, 2.45) is 0 Å². The molecule has 4 nitrogen and oxygen atoms in total. The van der Waals surface area contributed by atoms with E-state index in [1.165, 1.54) is 36.4 Å². The lowest BCUT2D eigenvalue weighted by molar-refractivity contribution is -0.139. The zero-order chi connectivity index (χ0) is 23.4. The minimum Gasteiger partial charge on any atom is -0.370 e. The standard InChI is InChI=1S/C25H26ClF3N4/c1-2-3-4-5-6-10-31-23-8-7-17(14-32-23)20-12-18(26)13-21-19-9-11-30-15-22(19)33(24(20)21)16-25(27,28)29/h7-9,11-15H,2-6,10,16H2,1H3,(H,31,32). The number of anilines is 1. The first-order valence-electron chi connectivity index (χ1n) is 11.2. The molecular formula is C25H26ClF3N4. The molecule has 4 rings (SSSR count). The number of rotatable bonds is 9. The fourth-order valence-corrected chi connectivity index (χ4v) is 4.43. The summed E-state index contributed by atoms with van der Waals surface area (Å²) >= 11 is 6.39. The summed E-state index contributed by atoms with van der Waals surface area (Å²) in [6, 6.07) is 8.84. The zero-order valence-electron chi connectivity index (χ0n) is 18.4. The largest absolute Gasteiger partial charge is 0.406 e. The molecule has 3 aromatic heterocycles. The molecule has 0 aliphatic heterocycles. The van der Waals surface area contributed by atoms with E-state index in [9.17, 15) is 13.2 Å². The predicted octanol–water partition coefficient (Wildman–Crippen LogP) is 7.85. The Morgan fingerprint density at radius 1 is 1.00 bits per heavy atom. The van der Waals surface area contributed by atoms with E-state index in [1.807, 2.05) is 12.1 Å². The number of benzene rings is 1. The van der Waals surface area contributed by atoms with Crippen LogP contribution in [0.5, 0.6) is 0 Å². The minimum absolute atomic E-state index is 0.419. The quantitative estimate of drug-likeness (QED) is 0.251. The second kappa shape index (κ2) is 10.00. The monoisotopic (exact) mass is 474 g/mol. The van der Waals surface area contributed by atoms with Crippen LogP contribution in [0, 0.1) is 0 Å². The smallest absolute Gasteiger partial charge is 0.370 e. The molecule has 1 N–H and O–H groups in total. The highest BCUT2D eigenvalue weighted by molar-refractivity contribution is 6.32. The van der Waals surface area contributed by atoms with Gasteiger partial charge in [-0.15, -0.1) is 0 Å². The number of hydrogen-bond acceptors (Lipinski definition) is 3. The average molecular weight is 475 g/mol. The number of hydrogen-bond donors (Lipinski definition) is 1. The van der Waals surface area contributed by atoms with E-state index >= 15 is 0 Å². The fourth-order valence-electron chi connectivity index (χ4n) is 4.21. The van der Waals surface area contributed by atoms with Crippen LogP contribution in [0.1, 0.15) is 39.0 Å². The lowest BCUT2D eigenvalue weighted by Gasteiger charge is -2.14. The van der Waals surface area contributed by atoms with Gasteiger partial charge in [0.15, 0.2) is 0 Å². The molecule has 0 spiro atoms. The summed E-state index contributed by atoms with van der Waals surface area (Å²) in [4.78, 5) is 8.53. The molecule has 0 aliphatic carbocycles. The van der Waals surface area contributed by atoms with Gasteiger partial charge in [-0.3, -0.25) is 4.98 Å². The van der Waals surface area contributed by atoms with Crippen LogP contribution in [0.4, 0.5) is 19.0 Å². The van der Waals surface area contributed by atoms with E-state index in [0.29, 0.717) is 38.0 Å². The highest BCUT2D eigenvalue weighted by Gasteiger charge is 2.30. The van der Waals surface area contributed by atoms with Gasteiger partial charge in [0.25, 0.3) is 0 Å². The van der Waals surface area contributed by atoms with Crippen LogP contribution in [-0.2, 0) is 6.54 Å². The van der Waals surface area contributed by atoms with Gasteiger partial charge in [0.05, 0.1) is 17.2 Å². The first-order valence-corrected chi connectivity index (χ1v) is 11.6. The Bertz CT molecular complexity index is 1230. The highest BCUT2D eigenvalue weighted by Crippen LogP contribution is 2.39. The molecule has 3 heterocycles. The minimum atomic E-state index is -4.38. The Kier molecular flexibility index (Phi) is 7.08. The second-order valence-corrected chi connectivity index (χ2v) is 8.65. The number of nitrogens with zero attached hydrogens (tertiary/aromatic N) is 3. The maximum Gasteiger partial charge on any atom is 0.406 e. The molecule has 174 valence electrons. The van der Waals surface area contributed by atoms with E-state index < -0.39 is 12.7 Å². The molecule has 33 heavy (non-hydrogen) atoms. The van der Waals surface area contributed by atoms with Crippen LogP contribution in [-0.4, -0.2) is 27.3 Å². The van der Waals surface area contributed by atoms with Crippen molar-refractivity contribution in [3.8, 4) is 11.1 Å². The predicted molar refractivity (Wildman–Crippen MR) is 129 cm³/mol. The van der Waals surface area contributed by atoms with Crippen molar-refractivity contribution in [1.82, 2.24) is 14.5 Å². The number of unbranched alkanes of at least 4 members (excludes halogenated alkanes) is 4. The third-order valence-corrected chi connectivity index (χ3v) is 5.94. The van der Waals surface area contributed by atoms with Crippen molar-refractivity contribution < 1.29 is 13.2 Å². The van der Waals surface area contributed by atoms with Gasteiger partial charge >= 0.3 is 6.18 Å².